The van der Waals surface area contributed by atoms with Crippen molar-refractivity contribution in [3.05, 3.63) is 35.6 Å². The molecule has 1 aliphatic heterocycles. The molecule has 1 heterocycles. The molecule has 1 fully saturated rings. The lowest BCUT2D eigenvalue weighted by molar-refractivity contribution is 0.152. The summed E-state index contributed by atoms with van der Waals surface area (Å²) in [6, 6.07) is 7.53. The van der Waals surface area contributed by atoms with Crippen LogP contribution in [0.1, 0.15) is 31.7 Å². The molecule has 0 spiro atoms. The minimum atomic E-state index is -0.148. The molecule has 0 aromatic heterocycles. The van der Waals surface area contributed by atoms with Gasteiger partial charge in [-0.15, -0.1) is 0 Å². The fraction of sp³-hybridized carbons (Fsp3) is 0.538. The molecule has 15 heavy (non-hydrogen) atoms. The van der Waals surface area contributed by atoms with Gasteiger partial charge in [-0.2, -0.15) is 0 Å². The summed E-state index contributed by atoms with van der Waals surface area (Å²) in [6.07, 6.45) is 3.94. The molecule has 0 unspecified atom stereocenters. The number of halogens is 1. The van der Waals surface area contributed by atoms with Gasteiger partial charge in [0.2, 0.25) is 0 Å². The second kappa shape index (κ2) is 4.75. The Morgan fingerprint density at radius 1 is 1.27 bits per heavy atom. The van der Waals surface area contributed by atoms with Crippen molar-refractivity contribution in [2.24, 2.45) is 0 Å². The third-order valence-electron chi connectivity index (χ3n) is 3.24. The van der Waals surface area contributed by atoms with Gasteiger partial charge in [-0.25, -0.2) is 4.39 Å². The Hall–Kier alpha value is -0.890. The maximum absolute atomic E-state index is 12.7. The highest BCUT2D eigenvalue weighted by Crippen LogP contribution is 2.19. The normalized spacial score (nSPS) is 22.9. The molecule has 2 heteroatoms. The van der Waals surface area contributed by atoms with Crippen molar-refractivity contribution in [3.8, 4) is 0 Å². The molecule has 0 bridgehead atoms. The number of hydrogen-bond donors (Lipinski definition) is 0. The monoisotopic (exact) mass is 207 g/mol. The molecule has 1 atom stereocenters. The van der Waals surface area contributed by atoms with Gasteiger partial charge in [-0.1, -0.05) is 18.6 Å². The van der Waals surface area contributed by atoms with E-state index in [0.29, 0.717) is 6.04 Å². The van der Waals surface area contributed by atoms with E-state index in [-0.39, 0.29) is 5.82 Å². The fourth-order valence-corrected chi connectivity index (χ4v) is 2.22. The lowest BCUT2D eigenvalue weighted by Crippen LogP contribution is -2.36. The first-order valence-electron chi connectivity index (χ1n) is 5.74. The molecule has 0 N–H and O–H groups in total. The Morgan fingerprint density at radius 2 is 2.00 bits per heavy atom. The summed E-state index contributed by atoms with van der Waals surface area (Å²) in [4.78, 5) is 2.48. The van der Waals surface area contributed by atoms with Crippen molar-refractivity contribution in [1.82, 2.24) is 4.90 Å². The predicted molar refractivity (Wildman–Crippen MR) is 60.1 cm³/mol. The lowest BCUT2D eigenvalue weighted by atomic mass is 10.0. The van der Waals surface area contributed by atoms with Gasteiger partial charge in [0.1, 0.15) is 5.82 Å². The third-order valence-corrected chi connectivity index (χ3v) is 3.24. The number of likely N-dealkylation sites (tertiary alicyclic amines) is 1. The van der Waals surface area contributed by atoms with E-state index in [1.54, 1.807) is 12.1 Å². The molecular weight excluding hydrogens is 189 g/mol. The number of hydrogen-bond acceptors (Lipinski definition) is 1. The number of piperidine rings is 1. The van der Waals surface area contributed by atoms with Crippen molar-refractivity contribution in [3.63, 3.8) is 0 Å². The van der Waals surface area contributed by atoms with Crippen LogP contribution in [0.4, 0.5) is 4.39 Å². The van der Waals surface area contributed by atoms with E-state index in [1.807, 2.05) is 12.1 Å². The Morgan fingerprint density at radius 3 is 2.67 bits per heavy atom. The quantitative estimate of drug-likeness (QED) is 0.720. The predicted octanol–water partition coefficient (Wildman–Crippen LogP) is 3.20. The summed E-state index contributed by atoms with van der Waals surface area (Å²) in [5.41, 5.74) is 1.21. The highest BCUT2D eigenvalue weighted by atomic mass is 19.1. The largest absolute Gasteiger partial charge is 0.296 e. The smallest absolute Gasteiger partial charge is 0.123 e. The summed E-state index contributed by atoms with van der Waals surface area (Å²) in [5, 5.41) is 0. The van der Waals surface area contributed by atoms with E-state index < -0.39 is 0 Å². The zero-order valence-electron chi connectivity index (χ0n) is 9.25. The van der Waals surface area contributed by atoms with Gasteiger partial charge in [-0.05, 0) is 44.0 Å². The Balaban J connectivity index is 1.98. The van der Waals surface area contributed by atoms with Gasteiger partial charge < -0.3 is 0 Å². The number of benzene rings is 1. The van der Waals surface area contributed by atoms with Crippen LogP contribution in [0, 0.1) is 5.82 Å². The van der Waals surface area contributed by atoms with Crippen LogP contribution in [0.2, 0.25) is 0 Å². The molecule has 2 rings (SSSR count). The van der Waals surface area contributed by atoms with Gasteiger partial charge in [0, 0.05) is 12.6 Å². The SMILES string of the molecule is C[C@@H]1CCCCN1Cc1ccc(F)cc1. The number of nitrogens with zero attached hydrogens (tertiary/aromatic N) is 1. The van der Waals surface area contributed by atoms with Crippen LogP contribution in [-0.4, -0.2) is 17.5 Å². The standard InChI is InChI=1S/C13H18FN/c1-11-4-2-3-9-15(11)10-12-5-7-13(14)8-6-12/h5-8,11H,2-4,9-10H2,1H3/t11-/m1/s1. The highest BCUT2D eigenvalue weighted by molar-refractivity contribution is 5.16. The van der Waals surface area contributed by atoms with E-state index in [4.69, 9.17) is 0 Å². The second-order valence-corrected chi connectivity index (χ2v) is 4.44. The molecular formula is C13H18FN. The van der Waals surface area contributed by atoms with Gasteiger partial charge in [0.15, 0.2) is 0 Å². The van der Waals surface area contributed by atoms with E-state index >= 15 is 0 Å². The molecule has 1 aliphatic rings. The lowest BCUT2D eigenvalue weighted by Gasteiger charge is -2.33. The van der Waals surface area contributed by atoms with Crippen LogP contribution < -0.4 is 0 Å². The topological polar surface area (TPSA) is 3.24 Å². The average molecular weight is 207 g/mol. The molecule has 1 nitrogen and oxygen atoms in total. The Bertz CT molecular complexity index is 307. The summed E-state index contributed by atoms with van der Waals surface area (Å²) in [7, 11) is 0. The first kappa shape index (κ1) is 10.6. The van der Waals surface area contributed by atoms with Crippen LogP contribution in [0.5, 0.6) is 0 Å². The van der Waals surface area contributed by atoms with Gasteiger partial charge >= 0.3 is 0 Å². The minimum absolute atomic E-state index is 0.148. The van der Waals surface area contributed by atoms with Crippen molar-refractivity contribution >= 4 is 0 Å². The van der Waals surface area contributed by atoms with Crippen molar-refractivity contribution < 1.29 is 4.39 Å². The summed E-state index contributed by atoms with van der Waals surface area (Å²) >= 11 is 0. The van der Waals surface area contributed by atoms with E-state index in [0.717, 1.165) is 6.54 Å². The van der Waals surface area contributed by atoms with E-state index in [2.05, 4.69) is 11.8 Å². The molecule has 0 aliphatic carbocycles. The second-order valence-electron chi connectivity index (χ2n) is 4.44. The van der Waals surface area contributed by atoms with Crippen LogP contribution >= 0.6 is 0 Å². The summed E-state index contributed by atoms with van der Waals surface area (Å²) < 4.78 is 12.7. The molecule has 1 aromatic carbocycles. The first-order chi connectivity index (χ1) is 7.25. The van der Waals surface area contributed by atoms with E-state index in [9.17, 15) is 4.39 Å². The van der Waals surface area contributed by atoms with Gasteiger partial charge in [-0.3, -0.25) is 4.90 Å². The number of rotatable bonds is 2. The fourth-order valence-electron chi connectivity index (χ4n) is 2.22. The zero-order chi connectivity index (χ0) is 10.7. The zero-order valence-corrected chi connectivity index (χ0v) is 9.25. The first-order valence-corrected chi connectivity index (χ1v) is 5.74. The molecule has 1 saturated heterocycles. The van der Waals surface area contributed by atoms with Crippen molar-refractivity contribution in [1.29, 1.82) is 0 Å². The minimum Gasteiger partial charge on any atom is -0.296 e. The highest BCUT2D eigenvalue weighted by Gasteiger charge is 2.17. The Kier molecular flexibility index (Phi) is 3.37. The summed E-state index contributed by atoms with van der Waals surface area (Å²) in [5.74, 6) is -0.148. The van der Waals surface area contributed by atoms with Crippen molar-refractivity contribution in [2.75, 3.05) is 6.54 Å². The van der Waals surface area contributed by atoms with Gasteiger partial charge in [0.25, 0.3) is 0 Å². The Labute approximate surface area is 90.9 Å². The maximum atomic E-state index is 12.7. The molecule has 0 amide bonds. The maximum Gasteiger partial charge on any atom is 0.123 e. The van der Waals surface area contributed by atoms with Crippen molar-refractivity contribution in [2.45, 2.75) is 38.8 Å². The van der Waals surface area contributed by atoms with Crippen LogP contribution in [0.3, 0.4) is 0 Å². The summed E-state index contributed by atoms with van der Waals surface area (Å²) in [6.45, 7) is 4.42. The van der Waals surface area contributed by atoms with Gasteiger partial charge in [0.05, 0.1) is 0 Å². The van der Waals surface area contributed by atoms with Crippen LogP contribution in [0.15, 0.2) is 24.3 Å². The molecule has 82 valence electrons. The van der Waals surface area contributed by atoms with E-state index in [1.165, 1.54) is 31.4 Å². The average Bonchev–Trinajstić information content (AvgIpc) is 2.25. The third kappa shape index (κ3) is 2.78. The molecule has 0 radical (unpaired) electrons. The van der Waals surface area contributed by atoms with Crippen LogP contribution in [0.25, 0.3) is 0 Å². The molecule has 0 saturated carbocycles. The van der Waals surface area contributed by atoms with Crippen LogP contribution in [-0.2, 0) is 6.54 Å². The molecule has 1 aromatic rings.